The molecule has 12 heterocycles. The molecule has 0 fully saturated rings. The Balaban J connectivity index is 0.000000103. The fraction of sp³-hybridized carbons (Fsp3) is 0.105. The first kappa shape index (κ1) is 73.9. The maximum absolute atomic E-state index is 6.79. The van der Waals surface area contributed by atoms with Gasteiger partial charge in [0.05, 0.1) is 53.5 Å². The SMILES string of the molecule is Cc1ccc(-n2c3cc(C)ccc3c3oc4cc5c(cc4c32)oc2c3ccc(C)cc3n(-c3ccc(C)cc3)c52)cc1.Cc1ccc(-n2c3cc(C)ccc3c3oc4cc5c(cc4c32)sc2c3ccc(C)cc3n(-c3ccc(C)cc3)c52)cc1.Cc1ccc(-n2c3cc4c5sc6cc(C)ccc6c5n(-c5ccc(C)cc5)c4cc3c3oc4cc(C)ccc4c32)cc1. The van der Waals surface area contributed by atoms with Crippen LogP contribution in [0, 0.1) is 83.1 Å². The van der Waals surface area contributed by atoms with Gasteiger partial charge in [-0.1, -0.05) is 155 Å². The minimum Gasteiger partial charge on any atom is -0.454 e. The van der Waals surface area contributed by atoms with Gasteiger partial charge in [0, 0.05) is 108 Å². The minimum absolute atomic E-state index is 0.857. The van der Waals surface area contributed by atoms with Crippen molar-refractivity contribution in [2.75, 3.05) is 0 Å². The molecule has 0 aliphatic heterocycles. The molecule has 27 rings (SSSR count). The highest BCUT2D eigenvalue weighted by atomic mass is 32.1. The monoisotopic (exact) mass is 1660 g/mol. The van der Waals surface area contributed by atoms with E-state index >= 15 is 0 Å². The molecule has 0 amide bonds. The third-order valence-electron chi connectivity index (χ3n) is 26.3. The van der Waals surface area contributed by atoms with Gasteiger partial charge in [0.1, 0.15) is 44.4 Å². The van der Waals surface area contributed by atoms with E-state index in [1.54, 1.807) is 0 Å². The number of fused-ring (bicyclic) bond motifs is 30. The third kappa shape index (κ3) is 11.1. The van der Waals surface area contributed by atoms with Gasteiger partial charge in [0.15, 0.2) is 22.3 Å². The van der Waals surface area contributed by atoms with Crippen molar-refractivity contribution in [2.45, 2.75) is 83.1 Å². The highest BCUT2D eigenvalue weighted by Crippen LogP contribution is 2.52. The van der Waals surface area contributed by atoms with Crippen molar-refractivity contribution in [3.63, 3.8) is 0 Å². The van der Waals surface area contributed by atoms with E-state index in [0.29, 0.717) is 0 Å². The summed E-state index contributed by atoms with van der Waals surface area (Å²) in [6.45, 7) is 25.7. The van der Waals surface area contributed by atoms with E-state index in [1.165, 1.54) is 152 Å². The van der Waals surface area contributed by atoms with Crippen LogP contribution in [0.5, 0.6) is 0 Å². The van der Waals surface area contributed by atoms with E-state index < -0.39 is 0 Å². The summed E-state index contributed by atoms with van der Waals surface area (Å²) >= 11 is 3.78. The van der Waals surface area contributed by atoms with E-state index in [9.17, 15) is 0 Å². The molecule has 27 aromatic rings. The van der Waals surface area contributed by atoms with Crippen molar-refractivity contribution in [3.05, 3.63) is 358 Å². The van der Waals surface area contributed by atoms with Crippen LogP contribution in [0.1, 0.15) is 66.8 Å². The largest absolute Gasteiger partial charge is 0.454 e. The first-order chi connectivity index (χ1) is 61.3. The minimum atomic E-state index is 0.857. The summed E-state index contributed by atoms with van der Waals surface area (Å²) in [6, 6.07) is 107. The van der Waals surface area contributed by atoms with E-state index in [4.69, 9.17) is 17.7 Å². The predicted molar refractivity (Wildman–Crippen MR) is 532 cm³/mol. The molecule has 0 aliphatic rings. The van der Waals surface area contributed by atoms with Crippen LogP contribution in [-0.2, 0) is 0 Å². The van der Waals surface area contributed by atoms with E-state index in [-0.39, 0.29) is 0 Å². The lowest BCUT2D eigenvalue weighted by Gasteiger charge is -2.10. The lowest BCUT2D eigenvalue weighted by molar-refractivity contribution is 0.668. The van der Waals surface area contributed by atoms with Gasteiger partial charge in [-0.2, -0.15) is 0 Å². The number of benzene rings is 15. The molecule has 10 nitrogen and oxygen atoms in total. The number of hydrogen-bond donors (Lipinski definition) is 0. The fourth-order valence-corrected chi connectivity index (χ4v) is 22.6. The second-order valence-corrected chi connectivity index (χ2v) is 37.5. The van der Waals surface area contributed by atoms with Crippen LogP contribution in [0.4, 0.5) is 0 Å². The molecule has 0 aliphatic carbocycles. The maximum atomic E-state index is 6.79. The molecule has 12 aromatic heterocycles. The zero-order valence-electron chi connectivity index (χ0n) is 71.8. The molecule has 15 aromatic carbocycles. The topological polar surface area (TPSA) is 82.1 Å². The summed E-state index contributed by atoms with van der Waals surface area (Å²) in [5, 5.41) is 14.0. The van der Waals surface area contributed by atoms with Crippen LogP contribution < -0.4 is 0 Å². The zero-order valence-corrected chi connectivity index (χ0v) is 73.5. The number of aryl methyl sites for hydroxylation is 12. The molecule has 0 saturated carbocycles. The normalized spacial score (nSPS) is 12.3. The van der Waals surface area contributed by atoms with Crippen LogP contribution in [0.3, 0.4) is 0 Å². The second-order valence-electron chi connectivity index (χ2n) is 35.4. The van der Waals surface area contributed by atoms with E-state index in [2.05, 4.69) is 402 Å². The molecule has 0 radical (unpaired) electrons. The van der Waals surface area contributed by atoms with Crippen LogP contribution in [0.2, 0.25) is 0 Å². The van der Waals surface area contributed by atoms with Gasteiger partial charge in [-0.3, -0.25) is 0 Å². The molecule has 0 atom stereocenters. The van der Waals surface area contributed by atoms with E-state index in [1.807, 2.05) is 22.7 Å². The Labute approximate surface area is 732 Å². The number of hydrogen-bond acceptors (Lipinski definition) is 6. The van der Waals surface area contributed by atoms with Crippen LogP contribution in [-0.4, -0.2) is 27.4 Å². The van der Waals surface area contributed by atoms with Gasteiger partial charge >= 0.3 is 0 Å². The van der Waals surface area contributed by atoms with Gasteiger partial charge in [0.25, 0.3) is 0 Å². The van der Waals surface area contributed by atoms with Gasteiger partial charge in [-0.05, 0) is 286 Å². The van der Waals surface area contributed by atoms with Crippen molar-refractivity contribution in [3.8, 4) is 34.1 Å². The molecular formula is C114H84N6O4S2. The van der Waals surface area contributed by atoms with Crippen molar-refractivity contribution in [1.82, 2.24) is 27.4 Å². The molecular weight excluding hydrogens is 1580 g/mol. The highest BCUT2D eigenvalue weighted by Gasteiger charge is 2.30. The van der Waals surface area contributed by atoms with Crippen molar-refractivity contribution < 1.29 is 17.7 Å². The number of nitrogens with zero attached hydrogens (tertiary/aromatic N) is 6. The Hall–Kier alpha value is -14.8. The highest BCUT2D eigenvalue weighted by molar-refractivity contribution is 7.27. The lowest BCUT2D eigenvalue weighted by Crippen LogP contribution is -1.95. The average molecular weight is 1670 g/mol. The molecule has 0 N–H and O–H groups in total. The molecule has 0 unspecified atom stereocenters. The number of thiophene rings is 2. The Morgan fingerprint density at radius 3 is 0.794 bits per heavy atom. The average Bonchev–Trinajstić information content (AvgIpc) is 1.53. The first-order valence-electron chi connectivity index (χ1n) is 43.3. The smallest absolute Gasteiger partial charge is 0.161 e. The Kier molecular flexibility index (Phi) is 16.0. The van der Waals surface area contributed by atoms with Crippen molar-refractivity contribution >= 4 is 217 Å². The summed E-state index contributed by atoms with van der Waals surface area (Å²) in [6.07, 6.45) is 0. The number of aromatic nitrogens is 6. The van der Waals surface area contributed by atoms with Crippen LogP contribution in [0.25, 0.3) is 228 Å². The second kappa shape index (κ2) is 27.3. The zero-order chi connectivity index (χ0) is 84.8. The van der Waals surface area contributed by atoms with Gasteiger partial charge in [-0.15, -0.1) is 22.7 Å². The first-order valence-corrected chi connectivity index (χ1v) is 44.9. The van der Waals surface area contributed by atoms with Gasteiger partial charge in [-0.25, -0.2) is 0 Å². The summed E-state index contributed by atoms with van der Waals surface area (Å²) in [7, 11) is 0. The lowest BCUT2D eigenvalue weighted by atomic mass is 10.1. The van der Waals surface area contributed by atoms with Crippen LogP contribution in [0.15, 0.2) is 309 Å². The molecule has 0 saturated heterocycles. The third-order valence-corrected chi connectivity index (χ3v) is 28.6. The fourth-order valence-electron chi connectivity index (χ4n) is 20.0. The summed E-state index contributed by atoms with van der Waals surface area (Å²) in [5.41, 5.74) is 43.1. The van der Waals surface area contributed by atoms with Crippen LogP contribution >= 0.6 is 22.7 Å². The summed E-state index contributed by atoms with van der Waals surface area (Å²) < 4.78 is 46.6. The van der Waals surface area contributed by atoms with Gasteiger partial charge < -0.3 is 45.1 Å². The molecule has 126 heavy (non-hydrogen) atoms. The van der Waals surface area contributed by atoms with E-state index in [0.717, 1.165) is 144 Å². The Bertz CT molecular complexity index is 8410. The molecule has 606 valence electrons. The summed E-state index contributed by atoms with van der Waals surface area (Å²) in [5.74, 6) is 0. The number of rotatable bonds is 6. The molecule has 12 heteroatoms. The Morgan fingerprint density at radius 1 is 0.167 bits per heavy atom. The predicted octanol–water partition coefficient (Wildman–Crippen LogP) is 32.8. The Morgan fingerprint density at radius 2 is 0.405 bits per heavy atom. The number of furan rings is 4. The quantitative estimate of drug-likeness (QED) is 0.166. The standard InChI is InChI=1S/C38H28N2O2.2C38H28N2OS/c1-21-5-11-25(12-6-21)39-31-17-23(3)9-15-27(31)37-35(39)29-19-34-30(20-33(29)41-37)36-38(42-34)28-16-10-24(4)18-32(28)40(36)26-13-7-22(2)8-14-26;1-21-5-11-25(12-6-21)39-31-17-23(3)9-15-27(31)37-35(39)29-20-34-30(19-33(29)41-37)36-38(42-34)28-16-10-24(4)18-32(28)40(36)26-13-7-22(2)8-14-26;1-21-5-11-25(12-6-21)39-31-20-30-32(19-29(31)37-35(39)27-15-9-23(3)17-33(27)41-37)40(26-13-7-22(2)8-14-26)36-28-16-10-24(4)18-34(28)42-38(30)36/h3*5-20H,1-4H3. The van der Waals surface area contributed by atoms with Gasteiger partial charge in [0.2, 0.25) is 0 Å². The summed E-state index contributed by atoms with van der Waals surface area (Å²) in [4.78, 5) is 0. The van der Waals surface area contributed by atoms with Crippen molar-refractivity contribution in [1.29, 1.82) is 0 Å². The van der Waals surface area contributed by atoms with Crippen molar-refractivity contribution in [2.24, 2.45) is 0 Å². The molecule has 0 bridgehead atoms. The maximum Gasteiger partial charge on any atom is 0.161 e. The molecule has 0 spiro atoms.